The molecule has 0 spiro atoms. The van der Waals surface area contributed by atoms with Gasteiger partial charge in [-0.1, -0.05) is 43.3 Å². The van der Waals surface area contributed by atoms with Gasteiger partial charge in [-0.3, -0.25) is 0 Å². The quantitative estimate of drug-likeness (QED) is 0.722. The van der Waals surface area contributed by atoms with E-state index in [0.29, 0.717) is 0 Å². The van der Waals surface area contributed by atoms with Crippen molar-refractivity contribution in [2.24, 2.45) is 0 Å². The summed E-state index contributed by atoms with van der Waals surface area (Å²) in [5.74, 6) is 0.728. The Bertz CT molecular complexity index is 354. The Labute approximate surface area is 92.2 Å². The van der Waals surface area contributed by atoms with Crippen molar-refractivity contribution in [2.75, 3.05) is 13.1 Å². The number of nitrogens with one attached hydrogen (secondary N) is 1. The predicted octanol–water partition coefficient (Wildman–Crippen LogP) is 2.88. The van der Waals surface area contributed by atoms with Crippen molar-refractivity contribution in [2.45, 2.75) is 25.7 Å². The minimum Gasteiger partial charge on any atom is -0.312 e. The van der Waals surface area contributed by atoms with E-state index in [9.17, 15) is 0 Å². The molecule has 0 fully saturated rings. The maximum absolute atomic E-state index is 4.00. The normalized spacial score (nSPS) is 18.1. The Kier molecular flexibility index (Phi) is 3.22. The molecule has 0 amide bonds. The van der Waals surface area contributed by atoms with E-state index in [1.165, 1.54) is 23.1 Å². The summed E-state index contributed by atoms with van der Waals surface area (Å²) in [6.07, 6.45) is 2.32. The third kappa shape index (κ3) is 2.29. The fourth-order valence-corrected chi connectivity index (χ4v) is 2.09. The molecule has 1 heteroatoms. The first-order valence-corrected chi connectivity index (χ1v) is 5.76. The number of hydrogen-bond acceptors (Lipinski definition) is 1. The van der Waals surface area contributed by atoms with E-state index in [4.69, 9.17) is 0 Å². The van der Waals surface area contributed by atoms with Crippen LogP contribution in [0.1, 0.15) is 30.4 Å². The Morgan fingerprint density at radius 1 is 1.47 bits per heavy atom. The van der Waals surface area contributed by atoms with Gasteiger partial charge in [0.15, 0.2) is 0 Å². The van der Waals surface area contributed by atoms with Gasteiger partial charge in [0.1, 0.15) is 0 Å². The number of fused-ring (bicyclic) bond motifs is 1. The van der Waals surface area contributed by atoms with Gasteiger partial charge in [-0.25, -0.2) is 0 Å². The first kappa shape index (κ1) is 10.4. The van der Waals surface area contributed by atoms with Crippen molar-refractivity contribution in [3.8, 4) is 0 Å². The Morgan fingerprint density at radius 2 is 2.27 bits per heavy atom. The largest absolute Gasteiger partial charge is 0.312 e. The molecule has 80 valence electrons. The van der Waals surface area contributed by atoms with Crippen molar-refractivity contribution in [1.82, 2.24) is 5.32 Å². The molecule has 15 heavy (non-hydrogen) atoms. The molecule has 1 aromatic carbocycles. The van der Waals surface area contributed by atoms with E-state index in [1.54, 1.807) is 0 Å². The highest BCUT2D eigenvalue weighted by molar-refractivity contribution is 5.40. The van der Waals surface area contributed by atoms with E-state index in [2.05, 4.69) is 43.1 Å². The van der Waals surface area contributed by atoms with Crippen LogP contribution in [-0.4, -0.2) is 13.1 Å². The van der Waals surface area contributed by atoms with E-state index >= 15 is 0 Å². The second-order valence-corrected chi connectivity index (χ2v) is 4.33. The van der Waals surface area contributed by atoms with Gasteiger partial charge < -0.3 is 5.32 Å². The molecule has 1 aliphatic rings. The molecule has 0 heterocycles. The van der Waals surface area contributed by atoms with Crippen LogP contribution in [0.2, 0.25) is 0 Å². The molecule has 2 rings (SSSR count). The van der Waals surface area contributed by atoms with Crippen molar-refractivity contribution in [1.29, 1.82) is 0 Å². The van der Waals surface area contributed by atoms with Gasteiger partial charge in [0.05, 0.1) is 0 Å². The first-order chi connectivity index (χ1) is 7.31. The summed E-state index contributed by atoms with van der Waals surface area (Å²) >= 11 is 0. The van der Waals surface area contributed by atoms with E-state index in [0.717, 1.165) is 25.4 Å². The molecule has 1 unspecified atom stereocenters. The second-order valence-electron chi connectivity index (χ2n) is 4.33. The van der Waals surface area contributed by atoms with Crippen molar-refractivity contribution in [3.63, 3.8) is 0 Å². The van der Waals surface area contributed by atoms with Crippen LogP contribution in [0.25, 0.3) is 0 Å². The molecule has 1 atom stereocenters. The number of rotatable bonds is 5. The zero-order valence-electron chi connectivity index (χ0n) is 9.42. The summed E-state index contributed by atoms with van der Waals surface area (Å²) in [4.78, 5) is 0. The molecular formula is C14H19N. The lowest BCUT2D eigenvalue weighted by Gasteiger charge is -2.30. The maximum atomic E-state index is 4.00. The van der Waals surface area contributed by atoms with Gasteiger partial charge in [-0.15, -0.1) is 0 Å². The SMILES string of the molecule is C=C(CC)CNCC1Cc2ccccc21. The molecule has 0 saturated carbocycles. The molecule has 1 nitrogen and oxygen atoms in total. The Hall–Kier alpha value is -1.08. The number of hydrogen-bond donors (Lipinski definition) is 1. The monoisotopic (exact) mass is 201 g/mol. The van der Waals surface area contributed by atoms with E-state index in [-0.39, 0.29) is 0 Å². The zero-order valence-corrected chi connectivity index (χ0v) is 9.42. The molecule has 0 radical (unpaired) electrons. The highest BCUT2D eigenvalue weighted by Crippen LogP contribution is 2.33. The van der Waals surface area contributed by atoms with Gasteiger partial charge >= 0.3 is 0 Å². The van der Waals surface area contributed by atoms with Gasteiger partial charge in [0.2, 0.25) is 0 Å². The summed E-state index contributed by atoms with van der Waals surface area (Å²) in [6.45, 7) is 8.21. The minimum atomic E-state index is 0.728. The van der Waals surface area contributed by atoms with Gasteiger partial charge in [0, 0.05) is 19.0 Å². The fourth-order valence-electron chi connectivity index (χ4n) is 2.09. The summed E-state index contributed by atoms with van der Waals surface area (Å²) in [5, 5.41) is 3.48. The van der Waals surface area contributed by atoms with Crippen LogP contribution in [0.5, 0.6) is 0 Å². The van der Waals surface area contributed by atoms with Crippen molar-refractivity contribution < 1.29 is 0 Å². The molecule has 0 aliphatic heterocycles. The van der Waals surface area contributed by atoms with Crippen LogP contribution in [-0.2, 0) is 6.42 Å². The first-order valence-electron chi connectivity index (χ1n) is 5.76. The average Bonchev–Trinajstić information content (AvgIpc) is 2.24. The van der Waals surface area contributed by atoms with Gasteiger partial charge in [0.25, 0.3) is 0 Å². The standard InChI is InChI=1S/C14H19N/c1-3-11(2)9-15-10-13-8-12-6-4-5-7-14(12)13/h4-7,13,15H,2-3,8-10H2,1H3. The summed E-state index contributed by atoms with van der Waals surface area (Å²) in [5.41, 5.74) is 4.35. The lowest BCUT2D eigenvalue weighted by atomic mass is 9.77. The molecule has 1 aromatic rings. The van der Waals surface area contributed by atoms with E-state index < -0.39 is 0 Å². The molecule has 1 aliphatic carbocycles. The summed E-state index contributed by atoms with van der Waals surface area (Å²) in [7, 11) is 0. The molecule has 0 saturated heterocycles. The third-order valence-corrected chi connectivity index (χ3v) is 3.23. The maximum Gasteiger partial charge on any atom is 0.0162 e. The average molecular weight is 201 g/mol. The van der Waals surface area contributed by atoms with E-state index in [1.807, 2.05) is 0 Å². The molecule has 0 aromatic heterocycles. The third-order valence-electron chi connectivity index (χ3n) is 3.23. The van der Waals surface area contributed by atoms with Crippen LogP contribution in [0, 0.1) is 0 Å². The zero-order chi connectivity index (χ0) is 10.7. The van der Waals surface area contributed by atoms with Crippen LogP contribution in [0.3, 0.4) is 0 Å². The van der Waals surface area contributed by atoms with Gasteiger partial charge in [-0.2, -0.15) is 0 Å². The smallest absolute Gasteiger partial charge is 0.0162 e. The number of benzene rings is 1. The van der Waals surface area contributed by atoms with Crippen LogP contribution in [0.15, 0.2) is 36.4 Å². The second kappa shape index (κ2) is 4.63. The van der Waals surface area contributed by atoms with Gasteiger partial charge in [-0.05, 0) is 24.0 Å². The molecule has 1 N–H and O–H groups in total. The predicted molar refractivity (Wildman–Crippen MR) is 65.2 cm³/mol. The lowest BCUT2D eigenvalue weighted by Crippen LogP contribution is -2.30. The van der Waals surface area contributed by atoms with Crippen molar-refractivity contribution >= 4 is 0 Å². The Balaban J connectivity index is 1.78. The highest BCUT2D eigenvalue weighted by Gasteiger charge is 2.24. The summed E-state index contributed by atoms with van der Waals surface area (Å²) in [6, 6.07) is 8.74. The van der Waals surface area contributed by atoms with Crippen LogP contribution >= 0.6 is 0 Å². The topological polar surface area (TPSA) is 12.0 Å². The van der Waals surface area contributed by atoms with Crippen LogP contribution in [0.4, 0.5) is 0 Å². The lowest BCUT2D eigenvalue weighted by molar-refractivity contribution is 0.549. The summed E-state index contributed by atoms with van der Waals surface area (Å²) < 4.78 is 0. The van der Waals surface area contributed by atoms with Crippen LogP contribution < -0.4 is 5.32 Å². The molecular weight excluding hydrogens is 182 g/mol. The minimum absolute atomic E-state index is 0.728. The molecule has 0 bridgehead atoms. The Morgan fingerprint density at radius 3 is 3.00 bits per heavy atom. The highest BCUT2D eigenvalue weighted by atomic mass is 14.9. The van der Waals surface area contributed by atoms with Crippen molar-refractivity contribution in [3.05, 3.63) is 47.5 Å². The fraction of sp³-hybridized carbons (Fsp3) is 0.429.